The van der Waals surface area contributed by atoms with Crippen LogP contribution in [0, 0.1) is 25.2 Å². The molecule has 1 aromatic rings. The van der Waals surface area contributed by atoms with Crippen LogP contribution in [0.15, 0.2) is 6.07 Å². The first-order valence-corrected chi connectivity index (χ1v) is 4.26. The Labute approximate surface area is 73.2 Å². The van der Waals surface area contributed by atoms with Gasteiger partial charge in [0.15, 0.2) is 0 Å². The van der Waals surface area contributed by atoms with Crippen molar-refractivity contribution in [3.8, 4) is 6.07 Å². The molecule has 1 aromatic heterocycles. The lowest BCUT2D eigenvalue weighted by Gasteiger charge is -1.94. The highest BCUT2D eigenvalue weighted by atomic mass is 14.7. The van der Waals surface area contributed by atoms with Crippen LogP contribution in [-0.2, 0) is 6.42 Å². The third kappa shape index (κ3) is 2.13. The van der Waals surface area contributed by atoms with Gasteiger partial charge in [-0.3, -0.25) is 0 Å². The van der Waals surface area contributed by atoms with Crippen LogP contribution < -0.4 is 0 Å². The molecular weight excluding hydrogens is 148 g/mol. The average molecular weight is 162 g/mol. The van der Waals surface area contributed by atoms with E-state index in [9.17, 15) is 0 Å². The first-order valence-electron chi connectivity index (χ1n) is 4.26. The van der Waals surface area contributed by atoms with Gasteiger partial charge in [-0.05, 0) is 38.3 Å². The van der Waals surface area contributed by atoms with Gasteiger partial charge in [0.1, 0.15) is 0 Å². The molecule has 0 atom stereocenters. The molecule has 2 heteroatoms. The highest BCUT2D eigenvalue weighted by Crippen LogP contribution is 2.11. The van der Waals surface area contributed by atoms with Gasteiger partial charge < -0.3 is 4.98 Å². The van der Waals surface area contributed by atoms with Gasteiger partial charge >= 0.3 is 0 Å². The summed E-state index contributed by atoms with van der Waals surface area (Å²) in [6.45, 7) is 4.13. The molecule has 12 heavy (non-hydrogen) atoms. The van der Waals surface area contributed by atoms with E-state index in [1.54, 1.807) is 0 Å². The van der Waals surface area contributed by atoms with Crippen molar-refractivity contribution in [1.82, 2.24) is 4.98 Å². The third-order valence-electron chi connectivity index (χ3n) is 1.99. The molecular formula is C10H14N2. The lowest BCUT2D eigenvalue weighted by atomic mass is 10.1. The molecule has 0 bridgehead atoms. The molecule has 0 spiro atoms. The van der Waals surface area contributed by atoms with Crippen molar-refractivity contribution in [3.05, 3.63) is 23.0 Å². The van der Waals surface area contributed by atoms with E-state index in [1.165, 1.54) is 17.0 Å². The fraction of sp³-hybridized carbons (Fsp3) is 0.500. The molecule has 0 fully saturated rings. The summed E-state index contributed by atoms with van der Waals surface area (Å²) in [6, 6.07) is 4.31. The number of nitrogens with zero attached hydrogens (tertiary/aromatic N) is 1. The predicted molar refractivity (Wildman–Crippen MR) is 48.8 cm³/mol. The van der Waals surface area contributed by atoms with E-state index in [1.807, 2.05) is 0 Å². The van der Waals surface area contributed by atoms with E-state index >= 15 is 0 Å². The van der Waals surface area contributed by atoms with Gasteiger partial charge in [0.2, 0.25) is 0 Å². The number of hydrogen-bond donors (Lipinski definition) is 1. The van der Waals surface area contributed by atoms with Crippen LogP contribution in [0.5, 0.6) is 0 Å². The van der Waals surface area contributed by atoms with E-state index in [2.05, 4.69) is 31.0 Å². The molecule has 1 rings (SSSR count). The molecule has 0 radical (unpaired) electrons. The molecule has 0 saturated carbocycles. The van der Waals surface area contributed by atoms with Crippen molar-refractivity contribution in [2.45, 2.75) is 33.1 Å². The van der Waals surface area contributed by atoms with E-state index in [4.69, 9.17) is 5.26 Å². The Balaban J connectivity index is 2.52. The topological polar surface area (TPSA) is 39.6 Å². The minimum Gasteiger partial charge on any atom is -0.362 e. The molecule has 0 amide bonds. The molecule has 2 nitrogen and oxygen atoms in total. The molecule has 0 saturated heterocycles. The molecule has 0 aliphatic carbocycles. The van der Waals surface area contributed by atoms with Crippen LogP contribution in [0.4, 0.5) is 0 Å². The first-order chi connectivity index (χ1) is 5.74. The highest BCUT2D eigenvalue weighted by Gasteiger charge is 2.00. The Morgan fingerprint density at radius 3 is 2.75 bits per heavy atom. The molecule has 1 N–H and O–H groups in total. The van der Waals surface area contributed by atoms with Gasteiger partial charge in [-0.2, -0.15) is 5.26 Å². The van der Waals surface area contributed by atoms with Crippen LogP contribution in [0.2, 0.25) is 0 Å². The summed E-state index contributed by atoms with van der Waals surface area (Å²) in [5.41, 5.74) is 3.80. The quantitative estimate of drug-likeness (QED) is 0.681. The van der Waals surface area contributed by atoms with Crippen molar-refractivity contribution in [1.29, 1.82) is 5.26 Å². The smallest absolute Gasteiger partial charge is 0.0621 e. The van der Waals surface area contributed by atoms with Gasteiger partial charge in [0.25, 0.3) is 0 Å². The number of aromatic nitrogens is 1. The zero-order valence-electron chi connectivity index (χ0n) is 7.65. The summed E-state index contributed by atoms with van der Waals surface area (Å²) in [4.78, 5) is 3.25. The van der Waals surface area contributed by atoms with E-state index in [-0.39, 0.29) is 0 Å². The molecule has 0 aliphatic heterocycles. The van der Waals surface area contributed by atoms with Crippen molar-refractivity contribution < 1.29 is 0 Å². The SMILES string of the molecule is Cc1cc(CCCC#N)c(C)[nH]1. The monoisotopic (exact) mass is 162 g/mol. The summed E-state index contributed by atoms with van der Waals surface area (Å²) in [6.07, 6.45) is 2.64. The second-order valence-electron chi connectivity index (χ2n) is 3.11. The van der Waals surface area contributed by atoms with E-state index in [0.717, 1.165) is 12.8 Å². The number of H-pyrrole nitrogens is 1. The molecule has 0 unspecified atom stereocenters. The average Bonchev–Trinajstić information content (AvgIpc) is 2.31. The first kappa shape index (κ1) is 8.86. The summed E-state index contributed by atoms with van der Waals surface area (Å²) < 4.78 is 0. The van der Waals surface area contributed by atoms with Gasteiger partial charge in [0, 0.05) is 17.8 Å². The fourth-order valence-corrected chi connectivity index (χ4v) is 1.40. The Hall–Kier alpha value is -1.23. The van der Waals surface area contributed by atoms with Crippen molar-refractivity contribution in [2.75, 3.05) is 0 Å². The second-order valence-corrected chi connectivity index (χ2v) is 3.11. The lowest BCUT2D eigenvalue weighted by Crippen LogP contribution is -1.84. The zero-order chi connectivity index (χ0) is 8.97. The zero-order valence-corrected chi connectivity index (χ0v) is 7.65. The normalized spacial score (nSPS) is 9.75. The Morgan fingerprint density at radius 1 is 1.50 bits per heavy atom. The van der Waals surface area contributed by atoms with Crippen LogP contribution >= 0.6 is 0 Å². The number of aromatic amines is 1. The summed E-state index contributed by atoms with van der Waals surface area (Å²) in [7, 11) is 0. The van der Waals surface area contributed by atoms with E-state index in [0.29, 0.717) is 6.42 Å². The molecule has 1 heterocycles. The van der Waals surface area contributed by atoms with Crippen LogP contribution in [0.3, 0.4) is 0 Å². The van der Waals surface area contributed by atoms with Gasteiger partial charge in [-0.1, -0.05) is 0 Å². The summed E-state index contributed by atoms with van der Waals surface area (Å²) >= 11 is 0. The molecule has 0 aromatic carbocycles. The molecule has 0 aliphatic rings. The minimum absolute atomic E-state index is 0.656. The second kappa shape index (κ2) is 3.96. The Morgan fingerprint density at radius 2 is 2.25 bits per heavy atom. The number of rotatable bonds is 3. The maximum atomic E-state index is 8.36. The largest absolute Gasteiger partial charge is 0.362 e. The van der Waals surface area contributed by atoms with Crippen LogP contribution in [0.1, 0.15) is 29.8 Å². The van der Waals surface area contributed by atoms with Crippen molar-refractivity contribution in [3.63, 3.8) is 0 Å². The number of nitriles is 1. The maximum Gasteiger partial charge on any atom is 0.0621 e. The minimum atomic E-state index is 0.656. The highest BCUT2D eigenvalue weighted by molar-refractivity contribution is 5.24. The standard InChI is InChI=1S/C10H14N2/c1-8-7-10(9(2)12-8)5-3-4-6-11/h7,12H,3-5H2,1-2H3. The van der Waals surface area contributed by atoms with Gasteiger partial charge in [-0.25, -0.2) is 0 Å². The number of hydrogen-bond acceptors (Lipinski definition) is 1. The van der Waals surface area contributed by atoms with Gasteiger partial charge in [-0.15, -0.1) is 0 Å². The Bertz CT molecular complexity index is 291. The third-order valence-corrected chi connectivity index (χ3v) is 1.99. The van der Waals surface area contributed by atoms with Crippen LogP contribution in [0.25, 0.3) is 0 Å². The van der Waals surface area contributed by atoms with Gasteiger partial charge in [0.05, 0.1) is 6.07 Å². The Kier molecular flexibility index (Phi) is 2.93. The summed E-state index contributed by atoms with van der Waals surface area (Å²) in [5, 5.41) is 8.36. The fourth-order valence-electron chi connectivity index (χ4n) is 1.40. The summed E-state index contributed by atoms with van der Waals surface area (Å²) in [5.74, 6) is 0. The maximum absolute atomic E-state index is 8.36. The predicted octanol–water partition coefficient (Wildman–Crippen LogP) is 2.48. The van der Waals surface area contributed by atoms with Crippen molar-refractivity contribution in [2.24, 2.45) is 0 Å². The number of nitrogens with one attached hydrogen (secondary N) is 1. The van der Waals surface area contributed by atoms with Crippen molar-refractivity contribution >= 4 is 0 Å². The number of aryl methyl sites for hydroxylation is 3. The van der Waals surface area contributed by atoms with E-state index < -0.39 is 0 Å². The molecule has 64 valence electrons. The lowest BCUT2D eigenvalue weighted by molar-refractivity contribution is 0.845. The number of unbranched alkanes of at least 4 members (excludes halogenated alkanes) is 1. The van der Waals surface area contributed by atoms with Crippen LogP contribution in [-0.4, -0.2) is 4.98 Å².